The summed E-state index contributed by atoms with van der Waals surface area (Å²) in [6.45, 7) is 3.69. The number of benzene rings is 2. The molecule has 0 aromatic heterocycles. The molecule has 1 N–H and O–H groups in total. The third kappa shape index (κ3) is 2.01. The van der Waals surface area contributed by atoms with E-state index in [1.807, 2.05) is 37.3 Å². The summed E-state index contributed by atoms with van der Waals surface area (Å²) in [7, 11) is 0. The molecule has 4 rings (SSSR count). The maximum atomic E-state index is 11.4. The zero-order valence-corrected chi connectivity index (χ0v) is 13.4. The van der Waals surface area contributed by atoms with Gasteiger partial charge in [-0.1, -0.05) is 23.7 Å². The number of aryl methyl sites for hydroxylation is 1. The van der Waals surface area contributed by atoms with Gasteiger partial charge in [0.15, 0.2) is 0 Å². The highest BCUT2D eigenvalue weighted by Crippen LogP contribution is 2.67. The minimum atomic E-state index is -0.815. The van der Waals surface area contributed by atoms with Crippen molar-refractivity contribution in [3.8, 4) is 17.2 Å². The summed E-state index contributed by atoms with van der Waals surface area (Å²) < 4.78 is 11.6. The molecule has 118 valence electrons. The van der Waals surface area contributed by atoms with Crippen molar-refractivity contribution >= 4 is 17.6 Å². The van der Waals surface area contributed by atoms with E-state index < -0.39 is 11.4 Å². The normalized spacial score (nSPS) is 26.9. The molecule has 0 radical (unpaired) electrons. The second-order valence-electron chi connectivity index (χ2n) is 6.34. The molecule has 0 spiro atoms. The summed E-state index contributed by atoms with van der Waals surface area (Å²) in [4.78, 5) is 11.4. The van der Waals surface area contributed by atoms with E-state index in [0.717, 1.165) is 11.1 Å². The Morgan fingerprint density at radius 1 is 1.30 bits per heavy atom. The van der Waals surface area contributed by atoms with Gasteiger partial charge in [-0.3, -0.25) is 4.79 Å². The number of halogens is 1. The molecule has 0 saturated heterocycles. The molecule has 0 bridgehead atoms. The molecule has 3 atom stereocenters. The van der Waals surface area contributed by atoms with Gasteiger partial charge in [0.1, 0.15) is 28.8 Å². The van der Waals surface area contributed by atoms with Crippen LogP contribution in [0.1, 0.15) is 24.0 Å². The number of hydrogen-bond donors (Lipinski definition) is 1. The van der Waals surface area contributed by atoms with Gasteiger partial charge in [0.05, 0.1) is 5.02 Å². The lowest BCUT2D eigenvalue weighted by molar-refractivity contribution is -0.144. The van der Waals surface area contributed by atoms with Crippen LogP contribution in [0.4, 0.5) is 0 Å². The highest BCUT2D eigenvalue weighted by atomic mass is 35.5. The number of carboxylic acid groups (broad SMARTS) is 1. The summed E-state index contributed by atoms with van der Waals surface area (Å²) in [5, 5.41) is 9.88. The van der Waals surface area contributed by atoms with Gasteiger partial charge in [-0.25, -0.2) is 0 Å². The number of aliphatic carboxylic acids is 1. The van der Waals surface area contributed by atoms with Crippen molar-refractivity contribution in [1.29, 1.82) is 0 Å². The predicted octanol–water partition coefficient (Wildman–Crippen LogP) is 4.39. The Labute approximate surface area is 138 Å². The molecule has 2 aromatic rings. The van der Waals surface area contributed by atoms with E-state index in [4.69, 9.17) is 21.1 Å². The number of carbonyl (C=O) groups is 1. The minimum Gasteiger partial charge on any atom is -0.488 e. The Bertz CT molecular complexity index is 832. The van der Waals surface area contributed by atoms with E-state index in [0.29, 0.717) is 22.3 Å². The van der Waals surface area contributed by atoms with Gasteiger partial charge in [0.25, 0.3) is 0 Å². The molecule has 0 unspecified atom stereocenters. The van der Waals surface area contributed by atoms with E-state index in [2.05, 4.69) is 0 Å². The standard InChI is InChI=1S/C18H15ClO4/c1-9-3-6-13(12(19)7-9)22-10-4-5-11-14(8-10)23-16-15(11)18(16,2)17(20)21/h3-8,15-16H,1-2H3,(H,20,21)/t15-,16+,18-/m0/s1. The lowest BCUT2D eigenvalue weighted by atomic mass is 10.00. The third-order valence-corrected chi connectivity index (χ3v) is 5.08. The van der Waals surface area contributed by atoms with Crippen LogP contribution in [-0.4, -0.2) is 17.2 Å². The van der Waals surface area contributed by atoms with Gasteiger partial charge < -0.3 is 14.6 Å². The molecule has 1 aliphatic carbocycles. The molecule has 2 aromatic carbocycles. The lowest BCUT2D eigenvalue weighted by Gasteiger charge is -2.14. The Morgan fingerprint density at radius 2 is 2.09 bits per heavy atom. The van der Waals surface area contributed by atoms with E-state index in [9.17, 15) is 9.90 Å². The van der Waals surface area contributed by atoms with Crippen molar-refractivity contribution in [2.45, 2.75) is 25.9 Å². The van der Waals surface area contributed by atoms with E-state index >= 15 is 0 Å². The molecular formula is C18H15ClO4. The fourth-order valence-corrected chi connectivity index (χ4v) is 3.57. The van der Waals surface area contributed by atoms with Crippen LogP contribution in [-0.2, 0) is 4.79 Å². The average Bonchev–Trinajstić information content (AvgIpc) is 2.91. The van der Waals surface area contributed by atoms with Crippen LogP contribution in [0.3, 0.4) is 0 Å². The molecule has 0 amide bonds. The quantitative estimate of drug-likeness (QED) is 0.906. The van der Waals surface area contributed by atoms with Crippen molar-refractivity contribution < 1.29 is 19.4 Å². The van der Waals surface area contributed by atoms with Gasteiger partial charge in [-0.15, -0.1) is 0 Å². The second-order valence-corrected chi connectivity index (χ2v) is 6.75. The van der Waals surface area contributed by atoms with E-state index in [1.165, 1.54) is 0 Å². The summed E-state index contributed by atoms with van der Waals surface area (Å²) >= 11 is 6.18. The Hall–Kier alpha value is -2.20. The summed E-state index contributed by atoms with van der Waals surface area (Å²) in [6.07, 6.45) is -0.284. The van der Waals surface area contributed by atoms with Crippen LogP contribution in [0, 0.1) is 12.3 Å². The number of hydrogen-bond acceptors (Lipinski definition) is 3. The van der Waals surface area contributed by atoms with Gasteiger partial charge in [0.2, 0.25) is 0 Å². The lowest BCUT2D eigenvalue weighted by Crippen LogP contribution is -2.20. The summed E-state index contributed by atoms with van der Waals surface area (Å²) in [6, 6.07) is 11.1. The molecule has 1 heterocycles. The maximum Gasteiger partial charge on any atom is 0.313 e. The highest BCUT2D eigenvalue weighted by Gasteiger charge is 2.73. The van der Waals surface area contributed by atoms with Gasteiger partial charge >= 0.3 is 5.97 Å². The van der Waals surface area contributed by atoms with Crippen molar-refractivity contribution in [3.63, 3.8) is 0 Å². The van der Waals surface area contributed by atoms with Crippen LogP contribution in [0.15, 0.2) is 36.4 Å². The molecule has 23 heavy (non-hydrogen) atoms. The first-order chi connectivity index (χ1) is 10.9. The smallest absolute Gasteiger partial charge is 0.313 e. The van der Waals surface area contributed by atoms with Crippen LogP contribution < -0.4 is 9.47 Å². The van der Waals surface area contributed by atoms with Gasteiger partial charge in [-0.05, 0) is 37.6 Å². The van der Waals surface area contributed by atoms with Crippen molar-refractivity contribution in [2.75, 3.05) is 0 Å². The van der Waals surface area contributed by atoms with Gasteiger partial charge in [-0.2, -0.15) is 0 Å². The van der Waals surface area contributed by atoms with Crippen molar-refractivity contribution in [3.05, 3.63) is 52.5 Å². The number of fused-ring (bicyclic) bond motifs is 3. The number of carboxylic acids is 1. The Kier molecular flexibility index (Phi) is 2.91. The first kappa shape index (κ1) is 14.4. The zero-order valence-electron chi connectivity index (χ0n) is 12.7. The minimum absolute atomic E-state index is 0.0768. The fourth-order valence-electron chi connectivity index (χ4n) is 3.29. The Morgan fingerprint density at radius 3 is 2.78 bits per heavy atom. The predicted molar refractivity (Wildman–Crippen MR) is 85.6 cm³/mol. The molecular weight excluding hydrogens is 316 g/mol. The van der Waals surface area contributed by atoms with Crippen molar-refractivity contribution in [1.82, 2.24) is 0 Å². The molecule has 4 nitrogen and oxygen atoms in total. The molecule has 1 aliphatic heterocycles. The van der Waals surface area contributed by atoms with Crippen LogP contribution in [0.2, 0.25) is 5.02 Å². The topological polar surface area (TPSA) is 55.8 Å². The number of rotatable bonds is 3. The first-order valence-corrected chi connectivity index (χ1v) is 7.77. The second kappa shape index (κ2) is 4.65. The van der Waals surface area contributed by atoms with Gasteiger partial charge in [0, 0.05) is 17.5 Å². The van der Waals surface area contributed by atoms with Crippen LogP contribution >= 0.6 is 11.6 Å². The molecule has 1 saturated carbocycles. The molecule has 2 aliphatic rings. The average molecular weight is 331 g/mol. The zero-order chi connectivity index (χ0) is 16.4. The molecule has 5 heteroatoms. The van der Waals surface area contributed by atoms with E-state index in [-0.39, 0.29) is 12.0 Å². The summed E-state index contributed by atoms with van der Waals surface area (Å²) in [5.41, 5.74) is 1.19. The largest absolute Gasteiger partial charge is 0.488 e. The van der Waals surface area contributed by atoms with E-state index in [1.54, 1.807) is 13.0 Å². The van der Waals surface area contributed by atoms with Crippen LogP contribution in [0.5, 0.6) is 17.2 Å². The molecule has 1 fully saturated rings. The number of ether oxygens (including phenoxy) is 2. The van der Waals surface area contributed by atoms with Crippen molar-refractivity contribution in [2.24, 2.45) is 5.41 Å². The SMILES string of the molecule is Cc1ccc(Oc2ccc3c(c2)O[C@@H]2[C@H]3[C@]2(C)C(=O)O)c(Cl)c1. The third-order valence-electron chi connectivity index (χ3n) is 4.78. The fraction of sp³-hybridized carbons (Fsp3) is 0.278. The maximum absolute atomic E-state index is 11.4. The Balaban J connectivity index is 1.60. The summed E-state index contributed by atoms with van der Waals surface area (Å²) in [5.74, 6) is 1.000. The highest BCUT2D eigenvalue weighted by molar-refractivity contribution is 6.32. The van der Waals surface area contributed by atoms with Crippen LogP contribution in [0.25, 0.3) is 0 Å². The monoisotopic (exact) mass is 330 g/mol. The first-order valence-electron chi connectivity index (χ1n) is 7.39.